The van der Waals surface area contributed by atoms with Crippen LogP contribution in [-0.4, -0.2) is 58.5 Å². The van der Waals surface area contributed by atoms with Crippen LogP contribution in [0.15, 0.2) is 48.5 Å². The first-order valence-corrected chi connectivity index (χ1v) is 9.16. The fourth-order valence-electron chi connectivity index (χ4n) is 3.63. The molecule has 0 aliphatic heterocycles. The average molecular weight is 373 g/mol. The summed E-state index contributed by atoms with van der Waals surface area (Å²) in [6, 6.07) is 15.2. The van der Waals surface area contributed by atoms with Crippen LogP contribution in [0.1, 0.15) is 17.5 Å². The Hall–Kier alpha value is -2.12. The summed E-state index contributed by atoms with van der Waals surface area (Å²) in [6.07, 6.45) is -2.46. The normalized spacial score (nSPS) is 28.0. The standard InChI is InChI=1S/C21H27NO5/c1-27-16-8-6-13(7-9-16)10-14-4-2-3-5-17(14)22-18-11-15(12-23)19(24)21(26)20(18)25/h2-9,15,18-26H,10-12H2,1H3/t15-,18-,19-,20+,21+/m1/s1. The summed E-state index contributed by atoms with van der Waals surface area (Å²) in [5, 5.41) is 43.2. The molecule has 2 aromatic rings. The van der Waals surface area contributed by atoms with Crippen LogP contribution in [0.4, 0.5) is 5.69 Å². The van der Waals surface area contributed by atoms with Crippen molar-refractivity contribution in [2.75, 3.05) is 19.0 Å². The number of methoxy groups -OCH3 is 1. The molecule has 27 heavy (non-hydrogen) atoms. The van der Waals surface area contributed by atoms with E-state index in [2.05, 4.69) is 5.32 Å². The largest absolute Gasteiger partial charge is 0.497 e. The SMILES string of the molecule is COc1ccc(Cc2ccccc2N[C@@H]2C[C@H](CO)[C@@H](O)[C@H](O)[C@H]2O)cc1. The number of aliphatic hydroxyl groups is 4. The number of aliphatic hydroxyl groups excluding tert-OH is 4. The third kappa shape index (κ3) is 4.42. The topological polar surface area (TPSA) is 102 Å². The number of hydrogen-bond acceptors (Lipinski definition) is 6. The molecule has 1 aliphatic carbocycles. The Morgan fingerprint density at radius 2 is 1.67 bits per heavy atom. The zero-order chi connectivity index (χ0) is 19.4. The maximum absolute atomic E-state index is 10.4. The number of nitrogens with one attached hydrogen (secondary N) is 1. The molecule has 5 N–H and O–H groups in total. The van der Waals surface area contributed by atoms with Crippen molar-refractivity contribution in [3.63, 3.8) is 0 Å². The van der Waals surface area contributed by atoms with Crippen LogP contribution in [0, 0.1) is 5.92 Å². The van der Waals surface area contributed by atoms with Gasteiger partial charge in [-0.25, -0.2) is 0 Å². The summed E-state index contributed by atoms with van der Waals surface area (Å²) in [4.78, 5) is 0. The highest BCUT2D eigenvalue weighted by Gasteiger charge is 2.42. The monoisotopic (exact) mass is 373 g/mol. The molecule has 6 heteroatoms. The Balaban J connectivity index is 1.77. The number of ether oxygens (including phenoxy) is 1. The van der Waals surface area contributed by atoms with Crippen molar-refractivity contribution in [2.24, 2.45) is 5.92 Å². The average Bonchev–Trinajstić information content (AvgIpc) is 2.70. The van der Waals surface area contributed by atoms with Crippen LogP contribution in [-0.2, 0) is 6.42 Å². The summed E-state index contributed by atoms with van der Waals surface area (Å²) < 4.78 is 5.19. The maximum Gasteiger partial charge on any atom is 0.118 e. The molecule has 0 radical (unpaired) electrons. The molecule has 2 aromatic carbocycles. The second-order valence-corrected chi connectivity index (χ2v) is 7.08. The molecule has 1 aliphatic rings. The van der Waals surface area contributed by atoms with E-state index in [1.807, 2.05) is 48.5 Å². The van der Waals surface area contributed by atoms with E-state index in [0.717, 1.165) is 22.6 Å². The zero-order valence-electron chi connectivity index (χ0n) is 15.3. The molecule has 0 spiro atoms. The minimum absolute atomic E-state index is 0.239. The van der Waals surface area contributed by atoms with Gasteiger partial charge in [-0.15, -0.1) is 0 Å². The summed E-state index contributed by atoms with van der Waals surface area (Å²) in [7, 11) is 1.63. The van der Waals surface area contributed by atoms with Crippen LogP contribution in [0.25, 0.3) is 0 Å². The highest BCUT2D eigenvalue weighted by Crippen LogP contribution is 2.29. The molecule has 146 valence electrons. The molecule has 0 aromatic heterocycles. The van der Waals surface area contributed by atoms with Gasteiger partial charge in [0.15, 0.2) is 0 Å². The fourth-order valence-corrected chi connectivity index (χ4v) is 3.63. The summed E-state index contributed by atoms with van der Waals surface area (Å²) in [5.41, 5.74) is 3.03. The van der Waals surface area contributed by atoms with Crippen molar-refractivity contribution >= 4 is 5.69 Å². The van der Waals surface area contributed by atoms with Gasteiger partial charge in [0, 0.05) is 18.2 Å². The smallest absolute Gasteiger partial charge is 0.118 e. The van der Waals surface area contributed by atoms with E-state index in [1.165, 1.54) is 0 Å². The van der Waals surface area contributed by atoms with Crippen molar-refractivity contribution in [3.8, 4) is 5.75 Å². The molecule has 6 nitrogen and oxygen atoms in total. The van der Waals surface area contributed by atoms with Crippen LogP contribution >= 0.6 is 0 Å². The molecule has 0 unspecified atom stereocenters. The molecule has 3 rings (SSSR count). The number of anilines is 1. The number of para-hydroxylation sites is 1. The predicted molar refractivity (Wildman–Crippen MR) is 103 cm³/mol. The van der Waals surface area contributed by atoms with Gasteiger partial charge in [0.05, 0.1) is 19.3 Å². The highest BCUT2D eigenvalue weighted by molar-refractivity contribution is 5.54. The molecular formula is C21H27NO5. The van der Waals surface area contributed by atoms with Crippen molar-refractivity contribution < 1.29 is 25.2 Å². The van der Waals surface area contributed by atoms with Gasteiger partial charge in [-0.2, -0.15) is 0 Å². The third-order valence-corrected chi connectivity index (χ3v) is 5.30. The molecule has 1 saturated carbocycles. The lowest BCUT2D eigenvalue weighted by Gasteiger charge is -2.40. The van der Waals surface area contributed by atoms with Crippen molar-refractivity contribution in [2.45, 2.75) is 37.2 Å². The van der Waals surface area contributed by atoms with Crippen LogP contribution in [0.5, 0.6) is 5.75 Å². The lowest BCUT2D eigenvalue weighted by molar-refractivity contribution is -0.122. The number of benzene rings is 2. The van der Waals surface area contributed by atoms with E-state index in [1.54, 1.807) is 7.11 Å². The van der Waals surface area contributed by atoms with Crippen molar-refractivity contribution in [3.05, 3.63) is 59.7 Å². The van der Waals surface area contributed by atoms with Gasteiger partial charge >= 0.3 is 0 Å². The minimum atomic E-state index is -1.29. The Labute approximate surface area is 159 Å². The molecule has 5 atom stereocenters. The van der Waals surface area contributed by atoms with Gasteiger partial charge in [-0.05, 0) is 42.2 Å². The second kappa shape index (κ2) is 8.71. The van der Waals surface area contributed by atoms with Gasteiger partial charge < -0.3 is 30.5 Å². The van der Waals surface area contributed by atoms with E-state index in [4.69, 9.17) is 4.74 Å². The quantitative estimate of drug-likeness (QED) is 0.521. The van der Waals surface area contributed by atoms with Crippen LogP contribution in [0.2, 0.25) is 0 Å². The molecule has 0 saturated heterocycles. The predicted octanol–water partition coefficient (Wildman–Crippen LogP) is 1.16. The Bertz CT molecular complexity index is 734. The maximum atomic E-state index is 10.4. The molecule has 1 fully saturated rings. The van der Waals surface area contributed by atoms with Gasteiger partial charge in [0.25, 0.3) is 0 Å². The molecule has 0 bridgehead atoms. The fraction of sp³-hybridized carbons (Fsp3) is 0.429. The lowest BCUT2D eigenvalue weighted by Crippen LogP contribution is -2.56. The Morgan fingerprint density at radius 1 is 0.963 bits per heavy atom. The Morgan fingerprint density at radius 3 is 2.33 bits per heavy atom. The van der Waals surface area contributed by atoms with Crippen molar-refractivity contribution in [1.29, 1.82) is 0 Å². The third-order valence-electron chi connectivity index (χ3n) is 5.30. The van der Waals surface area contributed by atoms with E-state index in [0.29, 0.717) is 12.8 Å². The van der Waals surface area contributed by atoms with E-state index >= 15 is 0 Å². The zero-order valence-corrected chi connectivity index (χ0v) is 15.3. The van der Waals surface area contributed by atoms with E-state index in [-0.39, 0.29) is 6.61 Å². The second-order valence-electron chi connectivity index (χ2n) is 7.08. The molecule has 0 amide bonds. The molecule has 0 heterocycles. The Kier molecular flexibility index (Phi) is 6.34. The summed E-state index contributed by atoms with van der Waals surface area (Å²) in [5.74, 6) is 0.327. The van der Waals surface area contributed by atoms with Gasteiger partial charge in [-0.3, -0.25) is 0 Å². The van der Waals surface area contributed by atoms with Gasteiger partial charge in [0.2, 0.25) is 0 Å². The van der Waals surface area contributed by atoms with Crippen LogP contribution in [0.3, 0.4) is 0 Å². The highest BCUT2D eigenvalue weighted by atomic mass is 16.5. The number of hydrogen-bond donors (Lipinski definition) is 5. The summed E-state index contributed by atoms with van der Waals surface area (Å²) in [6.45, 7) is -0.239. The van der Waals surface area contributed by atoms with E-state index < -0.39 is 30.3 Å². The van der Waals surface area contributed by atoms with Gasteiger partial charge in [-0.1, -0.05) is 30.3 Å². The molecular weight excluding hydrogens is 346 g/mol. The first-order chi connectivity index (χ1) is 13.0. The minimum Gasteiger partial charge on any atom is -0.497 e. The van der Waals surface area contributed by atoms with Crippen LogP contribution < -0.4 is 10.1 Å². The van der Waals surface area contributed by atoms with E-state index in [9.17, 15) is 20.4 Å². The number of rotatable bonds is 6. The lowest BCUT2D eigenvalue weighted by atomic mass is 9.79. The van der Waals surface area contributed by atoms with Gasteiger partial charge in [0.1, 0.15) is 18.0 Å². The van der Waals surface area contributed by atoms with Crippen molar-refractivity contribution in [1.82, 2.24) is 0 Å². The first kappa shape index (κ1) is 19.6. The first-order valence-electron chi connectivity index (χ1n) is 9.16. The summed E-state index contributed by atoms with van der Waals surface area (Å²) >= 11 is 0.